The second-order valence-corrected chi connectivity index (χ2v) is 9.52. The second kappa shape index (κ2) is 8.86. The fourth-order valence-electron chi connectivity index (χ4n) is 5.21. The van der Waals surface area contributed by atoms with Gasteiger partial charge in [0.1, 0.15) is 6.04 Å². The van der Waals surface area contributed by atoms with E-state index in [0.717, 1.165) is 37.7 Å². The van der Waals surface area contributed by atoms with Crippen LogP contribution < -0.4 is 0 Å². The quantitative estimate of drug-likeness (QED) is 0.771. The molecule has 2 aliphatic rings. The molecule has 1 aliphatic heterocycles. The van der Waals surface area contributed by atoms with Crippen molar-refractivity contribution < 1.29 is 19.4 Å². The zero-order chi connectivity index (χ0) is 21.2. The van der Waals surface area contributed by atoms with Crippen LogP contribution in [0.1, 0.15) is 71.4 Å². The van der Waals surface area contributed by atoms with E-state index in [2.05, 4.69) is 0 Å². The molecular weight excluding hydrogens is 366 g/mol. The van der Waals surface area contributed by atoms with Crippen LogP contribution >= 0.6 is 0 Å². The summed E-state index contributed by atoms with van der Waals surface area (Å²) in [6.45, 7) is 8.08. The lowest BCUT2D eigenvalue weighted by molar-refractivity contribution is -0.158. The van der Waals surface area contributed by atoms with Crippen LogP contribution in [0.15, 0.2) is 30.3 Å². The maximum absolute atomic E-state index is 13.7. The lowest BCUT2D eigenvalue weighted by atomic mass is 9.73. The first-order valence-electron chi connectivity index (χ1n) is 11.0. The van der Waals surface area contributed by atoms with Gasteiger partial charge in [-0.05, 0) is 30.7 Å². The summed E-state index contributed by atoms with van der Waals surface area (Å²) in [5.74, 6) is -0.909. The average molecular weight is 402 g/mol. The summed E-state index contributed by atoms with van der Waals surface area (Å²) in [6.07, 6.45) is 4.09. The van der Waals surface area contributed by atoms with E-state index in [1.54, 1.807) is 11.8 Å². The monoisotopic (exact) mass is 401 g/mol. The van der Waals surface area contributed by atoms with Crippen LogP contribution in [0.3, 0.4) is 0 Å². The van der Waals surface area contributed by atoms with E-state index in [9.17, 15) is 14.7 Å². The van der Waals surface area contributed by atoms with E-state index in [1.165, 1.54) is 0 Å². The normalized spacial score (nSPS) is 28.4. The molecule has 2 fully saturated rings. The minimum Gasteiger partial charge on any atom is -0.464 e. The molecule has 29 heavy (non-hydrogen) atoms. The molecule has 1 saturated carbocycles. The predicted octanol–water partition coefficient (Wildman–Crippen LogP) is 4.11. The summed E-state index contributed by atoms with van der Waals surface area (Å²) in [5.41, 5.74) is 0.496. The molecule has 0 bridgehead atoms. The van der Waals surface area contributed by atoms with Crippen molar-refractivity contribution in [3.63, 3.8) is 0 Å². The molecule has 1 N–H and O–H groups in total. The van der Waals surface area contributed by atoms with Gasteiger partial charge in [0.2, 0.25) is 5.91 Å². The molecule has 4 atom stereocenters. The highest BCUT2D eigenvalue weighted by Crippen LogP contribution is 2.49. The SMILES string of the molecule is CCOC(=O)[C@H]1[C@H](C(C)(C)C)C(O)[C@@H](c2ccccc2)N1C(=O)C1CCCCC1. The summed E-state index contributed by atoms with van der Waals surface area (Å²) in [7, 11) is 0. The van der Waals surface area contributed by atoms with Crippen LogP contribution in [0.2, 0.25) is 0 Å². The van der Waals surface area contributed by atoms with Crippen molar-refractivity contribution in [2.75, 3.05) is 6.61 Å². The smallest absolute Gasteiger partial charge is 0.329 e. The number of aliphatic hydroxyl groups excluding tert-OH is 1. The highest BCUT2D eigenvalue weighted by Gasteiger charge is 2.58. The van der Waals surface area contributed by atoms with Crippen LogP contribution in [0.4, 0.5) is 0 Å². The fraction of sp³-hybridized carbons (Fsp3) is 0.667. The fourth-order valence-corrected chi connectivity index (χ4v) is 5.21. The van der Waals surface area contributed by atoms with Crippen molar-refractivity contribution in [2.24, 2.45) is 17.3 Å². The lowest BCUT2D eigenvalue weighted by Gasteiger charge is -2.36. The maximum Gasteiger partial charge on any atom is 0.329 e. The van der Waals surface area contributed by atoms with Gasteiger partial charge in [-0.25, -0.2) is 4.79 Å². The number of ether oxygens (including phenoxy) is 1. The molecule has 0 radical (unpaired) electrons. The largest absolute Gasteiger partial charge is 0.464 e. The molecule has 160 valence electrons. The molecule has 0 aromatic heterocycles. The minimum absolute atomic E-state index is 0.0117. The summed E-state index contributed by atoms with van der Waals surface area (Å²) >= 11 is 0. The Morgan fingerprint density at radius 3 is 2.28 bits per heavy atom. The summed E-state index contributed by atoms with van der Waals surface area (Å²) in [5, 5.41) is 11.4. The molecule has 1 aliphatic carbocycles. The molecule has 0 spiro atoms. The van der Waals surface area contributed by atoms with Gasteiger partial charge < -0.3 is 14.7 Å². The van der Waals surface area contributed by atoms with Gasteiger partial charge in [0.25, 0.3) is 0 Å². The van der Waals surface area contributed by atoms with E-state index >= 15 is 0 Å². The number of hydrogen-bond acceptors (Lipinski definition) is 4. The lowest BCUT2D eigenvalue weighted by Crippen LogP contribution is -2.49. The van der Waals surface area contributed by atoms with Gasteiger partial charge in [-0.3, -0.25) is 4.79 Å². The van der Waals surface area contributed by atoms with Crippen molar-refractivity contribution in [1.29, 1.82) is 0 Å². The Morgan fingerprint density at radius 2 is 1.72 bits per heavy atom. The summed E-state index contributed by atoms with van der Waals surface area (Å²) in [4.78, 5) is 28.5. The van der Waals surface area contributed by atoms with E-state index < -0.39 is 30.1 Å². The molecule has 1 aromatic rings. The molecule has 3 rings (SSSR count). The summed E-state index contributed by atoms with van der Waals surface area (Å²) in [6, 6.07) is 8.30. The van der Waals surface area contributed by atoms with E-state index in [4.69, 9.17) is 4.74 Å². The topological polar surface area (TPSA) is 66.8 Å². The standard InChI is InChI=1S/C24H35NO4/c1-5-29-23(28)20-18(24(2,3)4)21(26)19(16-12-8-6-9-13-16)25(20)22(27)17-14-10-7-11-15-17/h6,8-9,12-13,17-21,26H,5,7,10-11,14-15H2,1-4H3/t18-,19+,20+,21?/m0/s1. The predicted molar refractivity (Wildman–Crippen MR) is 112 cm³/mol. The number of nitrogens with zero attached hydrogens (tertiary/aromatic N) is 1. The molecule has 1 heterocycles. The first-order valence-corrected chi connectivity index (χ1v) is 11.0. The Hall–Kier alpha value is -1.88. The van der Waals surface area contributed by atoms with Gasteiger partial charge in [-0.1, -0.05) is 70.4 Å². The van der Waals surface area contributed by atoms with Gasteiger partial charge >= 0.3 is 5.97 Å². The molecule has 5 heteroatoms. The number of rotatable bonds is 4. The molecular formula is C24H35NO4. The number of likely N-dealkylation sites (tertiary alicyclic amines) is 1. The van der Waals surface area contributed by atoms with Crippen LogP contribution in [0, 0.1) is 17.3 Å². The second-order valence-electron chi connectivity index (χ2n) is 9.52. The Morgan fingerprint density at radius 1 is 1.10 bits per heavy atom. The Kier molecular flexibility index (Phi) is 6.67. The third kappa shape index (κ3) is 4.35. The highest BCUT2D eigenvalue weighted by molar-refractivity contribution is 5.87. The van der Waals surface area contributed by atoms with Gasteiger partial charge in [0.05, 0.1) is 18.8 Å². The third-order valence-electron chi connectivity index (χ3n) is 6.51. The zero-order valence-corrected chi connectivity index (χ0v) is 18.1. The molecule has 1 saturated heterocycles. The van der Waals surface area contributed by atoms with Gasteiger partial charge in [0.15, 0.2) is 0 Å². The van der Waals surface area contributed by atoms with Crippen LogP contribution in [-0.4, -0.2) is 40.6 Å². The molecule has 5 nitrogen and oxygen atoms in total. The number of hydrogen-bond donors (Lipinski definition) is 1. The first-order chi connectivity index (χ1) is 13.8. The molecule has 1 aromatic carbocycles. The van der Waals surface area contributed by atoms with Crippen molar-refractivity contribution in [3.05, 3.63) is 35.9 Å². The Bertz CT molecular complexity index is 705. The summed E-state index contributed by atoms with van der Waals surface area (Å²) < 4.78 is 5.41. The van der Waals surface area contributed by atoms with Crippen LogP contribution in [0.5, 0.6) is 0 Å². The number of carbonyl (C=O) groups excluding carboxylic acids is 2. The zero-order valence-electron chi connectivity index (χ0n) is 18.1. The van der Waals surface area contributed by atoms with Crippen molar-refractivity contribution in [3.8, 4) is 0 Å². The third-order valence-corrected chi connectivity index (χ3v) is 6.51. The van der Waals surface area contributed by atoms with E-state index in [1.807, 2.05) is 51.1 Å². The molecule has 1 unspecified atom stereocenters. The van der Waals surface area contributed by atoms with Crippen LogP contribution in [0.25, 0.3) is 0 Å². The van der Waals surface area contributed by atoms with Crippen molar-refractivity contribution >= 4 is 11.9 Å². The van der Waals surface area contributed by atoms with Gasteiger partial charge in [-0.15, -0.1) is 0 Å². The van der Waals surface area contributed by atoms with Crippen LogP contribution in [-0.2, 0) is 14.3 Å². The van der Waals surface area contributed by atoms with E-state index in [0.29, 0.717) is 0 Å². The number of carbonyl (C=O) groups is 2. The highest BCUT2D eigenvalue weighted by atomic mass is 16.5. The maximum atomic E-state index is 13.7. The Balaban J connectivity index is 2.09. The minimum atomic E-state index is -0.834. The van der Waals surface area contributed by atoms with Crippen molar-refractivity contribution in [2.45, 2.75) is 78.0 Å². The van der Waals surface area contributed by atoms with Gasteiger partial charge in [0, 0.05) is 11.8 Å². The first kappa shape index (κ1) is 21.8. The number of benzene rings is 1. The average Bonchev–Trinajstić information content (AvgIpc) is 3.02. The number of aliphatic hydroxyl groups is 1. The number of esters is 1. The Labute approximate surface area is 174 Å². The van der Waals surface area contributed by atoms with E-state index in [-0.39, 0.29) is 23.8 Å². The number of amides is 1. The van der Waals surface area contributed by atoms with Crippen molar-refractivity contribution in [1.82, 2.24) is 4.90 Å². The molecule has 1 amide bonds. The van der Waals surface area contributed by atoms with Gasteiger partial charge in [-0.2, -0.15) is 0 Å².